The average molecular weight is 384 g/mol. The van der Waals surface area contributed by atoms with E-state index in [0.29, 0.717) is 18.1 Å². The molecule has 0 bridgehead atoms. The molecule has 8 heteroatoms. The summed E-state index contributed by atoms with van der Waals surface area (Å²) >= 11 is 6.22. The smallest absolute Gasteiger partial charge is 0.415 e. The Kier molecular flexibility index (Phi) is 7.25. The first-order valence-corrected chi connectivity index (χ1v) is 9.04. The fourth-order valence-corrected chi connectivity index (χ4v) is 2.80. The Bertz CT molecular complexity index is 645. The highest BCUT2D eigenvalue weighted by Crippen LogP contribution is 2.26. The maximum atomic E-state index is 12.2. The summed E-state index contributed by atoms with van der Waals surface area (Å²) in [6, 6.07) is 4.23. The van der Waals surface area contributed by atoms with E-state index in [0.717, 1.165) is 18.7 Å². The van der Waals surface area contributed by atoms with Crippen LogP contribution < -0.4 is 10.5 Å². The standard InChI is InChI=1S/C18H26ClN3O4/c1-12(2)25-17(23)15(20)11-13-4-5-16(14(19)10-13)26-18(24)22-8-6-21(3)7-9-22/h4-5,10,12,15H,6-9,11,20H2,1-3H3/t15-/m0/s1. The number of benzene rings is 1. The van der Waals surface area contributed by atoms with Crippen molar-refractivity contribution in [1.82, 2.24) is 9.80 Å². The van der Waals surface area contributed by atoms with E-state index in [1.165, 1.54) is 0 Å². The van der Waals surface area contributed by atoms with Crippen LogP contribution in [-0.2, 0) is 16.0 Å². The Morgan fingerprint density at radius 1 is 1.23 bits per heavy atom. The second-order valence-electron chi connectivity index (χ2n) is 6.72. The number of carbonyl (C=O) groups is 2. The summed E-state index contributed by atoms with van der Waals surface area (Å²) in [7, 11) is 2.01. The van der Waals surface area contributed by atoms with E-state index in [-0.39, 0.29) is 18.3 Å². The first-order chi connectivity index (χ1) is 12.3. The van der Waals surface area contributed by atoms with Crippen molar-refractivity contribution in [3.8, 4) is 5.75 Å². The van der Waals surface area contributed by atoms with Crippen LogP contribution in [0.25, 0.3) is 0 Å². The highest BCUT2D eigenvalue weighted by Gasteiger charge is 2.22. The molecule has 0 aromatic heterocycles. The van der Waals surface area contributed by atoms with Crippen molar-refractivity contribution < 1.29 is 19.1 Å². The van der Waals surface area contributed by atoms with Crippen molar-refractivity contribution in [2.45, 2.75) is 32.4 Å². The highest BCUT2D eigenvalue weighted by atomic mass is 35.5. The van der Waals surface area contributed by atoms with Crippen LogP contribution in [0.1, 0.15) is 19.4 Å². The van der Waals surface area contributed by atoms with Gasteiger partial charge in [0.1, 0.15) is 6.04 Å². The number of nitrogens with zero attached hydrogens (tertiary/aromatic N) is 2. The number of amides is 1. The van der Waals surface area contributed by atoms with Crippen LogP contribution in [0.15, 0.2) is 18.2 Å². The van der Waals surface area contributed by atoms with Gasteiger partial charge in [-0.1, -0.05) is 17.7 Å². The Morgan fingerprint density at radius 2 is 1.88 bits per heavy atom. The van der Waals surface area contributed by atoms with Crippen LogP contribution in [0.3, 0.4) is 0 Å². The number of hydrogen-bond acceptors (Lipinski definition) is 6. The van der Waals surface area contributed by atoms with E-state index in [9.17, 15) is 9.59 Å². The maximum absolute atomic E-state index is 12.2. The summed E-state index contributed by atoms with van der Waals surface area (Å²) in [5, 5.41) is 0.300. The minimum absolute atomic E-state index is 0.214. The van der Waals surface area contributed by atoms with E-state index < -0.39 is 18.1 Å². The third-order valence-electron chi connectivity index (χ3n) is 4.07. The number of likely N-dealkylation sites (N-methyl/N-ethyl adjacent to an activating group) is 1. The molecule has 2 rings (SSSR count). The van der Waals surface area contributed by atoms with Gasteiger partial charge in [-0.3, -0.25) is 4.79 Å². The molecule has 2 N–H and O–H groups in total. The third-order valence-corrected chi connectivity index (χ3v) is 4.36. The van der Waals surface area contributed by atoms with E-state index in [1.54, 1.807) is 36.9 Å². The summed E-state index contributed by atoms with van der Waals surface area (Å²) < 4.78 is 10.5. The molecule has 7 nitrogen and oxygen atoms in total. The van der Waals surface area contributed by atoms with Gasteiger partial charge in [0.2, 0.25) is 0 Å². The lowest BCUT2D eigenvalue weighted by atomic mass is 10.1. The van der Waals surface area contributed by atoms with Crippen molar-refractivity contribution in [1.29, 1.82) is 0 Å². The largest absolute Gasteiger partial charge is 0.462 e. The van der Waals surface area contributed by atoms with Gasteiger partial charge in [0.15, 0.2) is 5.75 Å². The molecule has 0 aliphatic carbocycles. The van der Waals surface area contributed by atoms with Gasteiger partial charge in [-0.05, 0) is 45.0 Å². The van der Waals surface area contributed by atoms with Gasteiger partial charge < -0.3 is 25.0 Å². The number of carbonyl (C=O) groups excluding carboxylic acids is 2. The second-order valence-corrected chi connectivity index (χ2v) is 7.13. The summed E-state index contributed by atoms with van der Waals surface area (Å²) in [6.45, 7) is 6.41. The molecule has 144 valence electrons. The van der Waals surface area contributed by atoms with Crippen LogP contribution in [0.4, 0.5) is 4.79 Å². The SMILES string of the molecule is CC(C)OC(=O)[C@@H](N)Cc1ccc(OC(=O)N2CCN(C)CC2)c(Cl)c1. The van der Waals surface area contributed by atoms with Crippen LogP contribution in [0, 0.1) is 0 Å². The van der Waals surface area contributed by atoms with Crippen molar-refractivity contribution in [2.24, 2.45) is 5.73 Å². The number of piperazine rings is 1. The van der Waals surface area contributed by atoms with Crippen molar-refractivity contribution in [3.05, 3.63) is 28.8 Å². The second kappa shape index (κ2) is 9.21. The van der Waals surface area contributed by atoms with E-state index in [4.69, 9.17) is 26.8 Å². The van der Waals surface area contributed by atoms with Crippen molar-refractivity contribution in [3.63, 3.8) is 0 Å². The number of ether oxygens (including phenoxy) is 2. The van der Waals surface area contributed by atoms with Crippen LogP contribution in [0.2, 0.25) is 5.02 Å². The van der Waals surface area contributed by atoms with Gasteiger partial charge in [0.05, 0.1) is 11.1 Å². The molecule has 1 fully saturated rings. The number of hydrogen-bond donors (Lipinski definition) is 1. The highest BCUT2D eigenvalue weighted by molar-refractivity contribution is 6.32. The van der Waals surface area contributed by atoms with Crippen LogP contribution in [0.5, 0.6) is 5.75 Å². The van der Waals surface area contributed by atoms with E-state index >= 15 is 0 Å². The zero-order valence-electron chi connectivity index (χ0n) is 15.4. The van der Waals surface area contributed by atoms with Gasteiger partial charge in [0.25, 0.3) is 0 Å². The number of halogens is 1. The summed E-state index contributed by atoms with van der Waals surface area (Å²) in [5.74, 6) is -0.167. The Hall–Kier alpha value is -1.83. The van der Waals surface area contributed by atoms with Crippen LogP contribution >= 0.6 is 11.6 Å². The maximum Gasteiger partial charge on any atom is 0.415 e. The summed E-state index contributed by atoms with van der Waals surface area (Å²) in [5.41, 5.74) is 6.63. The summed E-state index contributed by atoms with van der Waals surface area (Å²) in [6.07, 6.45) is -0.337. The molecule has 1 saturated heterocycles. The van der Waals surface area contributed by atoms with Gasteiger partial charge >= 0.3 is 12.1 Å². The first-order valence-electron chi connectivity index (χ1n) is 8.66. The van der Waals surface area contributed by atoms with Crippen molar-refractivity contribution in [2.75, 3.05) is 33.2 Å². The lowest BCUT2D eigenvalue weighted by molar-refractivity contribution is -0.148. The molecule has 1 heterocycles. The summed E-state index contributed by atoms with van der Waals surface area (Å²) in [4.78, 5) is 27.8. The zero-order chi connectivity index (χ0) is 19.3. The third kappa shape index (κ3) is 5.86. The molecule has 0 spiro atoms. The molecule has 26 heavy (non-hydrogen) atoms. The molecular formula is C18H26ClN3O4. The number of esters is 1. The molecule has 1 amide bonds. The molecule has 1 aromatic carbocycles. The van der Waals surface area contributed by atoms with Crippen molar-refractivity contribution >= 4 is 23.7 Å². The predicted octanol–water partition coefficient (Wildman–Crippen LogP) is 1.91. The zero-order valence-corrected chi connectivity index (χ0v) is 16.2. The molecule has 0 unspecified atom stereocenters. The van der Waals surface area contributed by atoms with E-state index in [2.05, 4.69) is 4.90 Å². The Balaban J connectivity index is 1.94. The molecule has 0 radical (unpaired) electrons. The lowest BCUT2D eigenvalue weighted by Crippen LogP contribution is -2.48. The monoisotopic (exact) mass is 383 g/mol. The molecule has 1 atom stereocenters. The predicted molar refractivity (Wildman–Crippen MR) is 99.5 cm³/mol. The minimum atomic E-state index is -0.771. The average Bonchev–Trinajstić information content (AvgIpc) is 2.57. The first kappa shape index (κ1) is 20.5. The molecular weight excluding hydrogens is 358 g/mol. The van der Waals surface area contributed by atoms with Gasteiger partial charge in [-0.25, -0.2) is 4.79 Å². The van der Waals surface area contributed by atoms with Gasteiger partial charge in [0, 0.05) is 26.2 Å². The molecule has 1 aliphatic rings. The van der Waals surface area contributed by atoms with Gasteiger partial charge in [-0.15, -0.1) is 0 Å². The minimum Gasteiger partial charge on any atom is -0.462 e. The quantitative estimate of drug-likeness (QED) is 0.782. The van der Waals surface area contributed by atoms with Gasteiger partial charge in [-0.2, -0.15) is 0 Å². The van der Waals surface area contributed by atoms with Crippen LogP contribution in [-0.4, -0.2) is 67.2 Å². The fraction of sp³-hybridized carbons (Fsp3) is 0.556. The van der Waals surface area contributed by atoms with E-state index in [1.807, 2.05) is 7.05 Å². The molecule has 0 saturated carbocycles. The topological polar surface area (TPSA) is 85.1 Å². The fourth-order valence-electron chi connectivity index (χ4n) is 2.56. The Morgan fingerprint density at radius 3 is 2.46 bits per heavy atom. The lowest BCUT2D eigenvalue weighted by Gasteiger charge is -2.31. The molecule has 1 aliphatic heterocycles. The molecule has 1 aromatic rings. The Labute approximate surface area is 159 Å². The normalized spacial score (nSPS) is 16.5. The number of nitrogens with two attached hydrogens (primary N) is 1. The number of rotatable bonds is 5.